The number of anilines is 1. The van der Waals surface area contributed by atoms with E-state index in [1.807, 2.05) is 4.90 Å². The number of benzene rings is 1. The molecule has 4 rings (SSSR count). The Morgan fingerprint density at radius 1 is 1.25 bits per heavy atom. The third-order valence-electron chi connectivity index (χ3n) is 5.56. The molecule has 1 amide bonds. The number of rotatable bonds is 0. The normalized spacial score (nSPS) is 31.1. The third kappa shape index (κ3) is 1.37. The van der Waals surface area contributed by atoms with Gasteiger partial charge in [0, 0.05) is 18.0 Å². The lowest BCUT2D eigenvalue weighted by Gasteiger charge is -2.46. The second-order valence-electron chi connectivity index (χ2n) is 6.45. The van der Waals surface area contributed by atoms with Crippen molar-refractivity contribution in [2.75, 3.05) is 4.90 Å². The summed E-state index contributed by atoms with van der Waals surface area (Å²) in [5, 5.41) is 0. The molecular formula is C18H21NO. The molecule has 0 saturated heterocycles. The Hall–Kier alpha value is -1.57. The molecule has 2 nitrogen and oxygen atoms in total. The van der Waals surface area contributed by atoms with Gasteiger partial charge in [-0.2, -0.15) is 0 Å². The van der Waals surface area contributed by atoms with E-state index in [0.717, 1.165) is 18.0 Å². The van der Waals surface area contributed by atoms with Gasteiger partial charge in [0.15, 0.2) is 0 Å². The fraction of sp³-hybridized carbons (Fsp3) is 0.500. The van der Waals surface area contributed by atoms with Gasteiger partial charge in [-0.25, -0.2) is 0 Å². The Bertz CT molecular complexity index is 603. The molecule has 2 heteroatoms. The SMILES string of the molecule is CC(=O)N1C2=CCC[C@H]3CCCC[C@@]23c2ccccc21. The molecule has 0 aromatic heterocycles. The van der Waals surface area contributed by atoms with Crippen LogP contribution in [0.2, 0.25) is 0 Å². The monoisotopic (exact) mass is 267 g/mol. The molecule has 1 aromatic rings. The summed E-state index contributed by atoms with van der Waals surface area (Å²) in [4.78, 5) is 14.2. The number of nitrogens with zero attached hydrogens (tertiary/aromatic N) is 1. The van der Waals surface area contributed by atoms with Crippen LogP contribution < -0.4 is 4.90 Å². The van der Waals surface area contributed by atoms with Crippen molar-refractivity contribution in [2.45, 2.75) is 50.9 Å². The highest BCUT2D eigenvalue weighted by atomic mass is 16.2. The molecule has 1 saturated carbocycles. The molecule has 2 aliphatic carbocycles. The molecule has 2 atom stereocenters. The second kappa shape index (κ2) is 4.21. The summed E-state index contributed by atoms with van der Waals surface area (Å²) in [5.41, 5.74) is 3.98. The summed E-state index contributed by atoms with van der Waals surface area (Å²) < 4.78 is 0. The maximum absolute atomic E-state index is 12.2. The first-order chi connectivity index (χ1) is 9.75. The zero-order valence-electron chi connectivity index (χ0n) is 12.1. The topological polar surface area (TPSA) is 20.3 Å². The van der Waals surface area contributed by atoms with E-state index in [1.165, 1.54) is 43.4 Å². The molecule has 20 heavy (non-hydrogen) atoms. The number of amides is 1. The van der Waals surface area contributed by atoms with E-state index in [2.05, 4.69) is 30.3 Å². The number of carbonyl (C=O) groups excluding carboxylic acids is 1. The quantitative estimate of drug-likeness (QED) is 0.691. The van der Waals surface area contributed by atoms with Crippen LogP contribution in [-0.4, -0.2) is 5.91 Å². The smallest absolute Gasteiger partial charge is 0.228 e. The molecule has 1 fully saturated rings. The number of hydrogen-bond donors (Lipinski definition) is 0. The number of para-hydroxylation sites is 1. The van der Waals surface area contributed by atoms with Crippen molar-refractivity contribution in [3.05, 3.63) is 41.6 Å². The van der Waals surface area contributed by atoms with Crippen molar-refractivity contribution in [3.63, 3.8) is 0 Å². The van der Waals surface area contributed by atoms with Crippen molar-refractivity contribution < 1.29 is 4.79 Å². The average Bonchev–Trinajstić information content (AvgIpc) is 2.76. The van der Waals surface area contributed by atoms with E-state index in [-0.39, 0.29) is 11.3 Å². The molecule has 1 heterocycles. The maximum atomic E-state index is 12.2. The van der Waals surface area contributed by atoms with E-state index >= 15 is 0 Å². The summed E-state index contributed by atoms with van der Waals surface area (Å²) in [6, 6.07) is 8.57. The first-order valence-electron chi connectivity index (χ1n) is 7.86. The summed E-state index contributed by atoms with van der Waals surface area (Å²) >= 11 is 0. The van der Waals surface area contributed by atoms with Crippen molar-refractivity contribution in [1.29, 1.82) is 0 Å². The number of carbonyl (C=O) groups is 1. The van der Waals surface area contributed by atoms with Gasteiger partial charge in [0.25, 0.3) is 0 Å². The third-order valence-corrected chi connectivity index (χ3v) is 5.56. The first-order valence-corrected chi connectivity index (χ1v) is 7.86. The Balaban J connectivity index is 1.99. The number of fused-ring (bicyclic) bond motifs is 1. The van der Waals surface area contributed by atoms with Gasteiger partial charge in [-0.1, -0.05) is 37.1 Å². The summed E-state index contributed by atoms with van der Waals surface area (Å²) in [6.45, 7) is 1.70. The minimum Gasteiger partial charge on any atom is -0.284 e. The van der Waals surface area contributed by atoms with E-state index in [4.69, 9.17) is 0 Å². The average molecular weight is 267 g/mol. The van der Waals surface area contributed by atoms with Crippen molar-refractivity contribution >= 4 is 11.6 Å². The summed E-state index contributed by atoms with van der Waals surface area (Å²) in [7, 11) is 0. The van der Waals surface area contributed by atoms with Crippen molar-refractivity contribution in [3.8, 4) is 0 Å². The van der Waals surface area contributed by atoms with E-state index < -0.39 is 0 Å². The molecule has 3 aliphatic rings. The standard InChI is InChI=1S/C18H21NO/c1-13(20)19-16-10-3-2-9-15(16)18-12-5-4-7-14(18)8-6-11-17(18)19/h2-3,9-11,14H,4-8,12H2,1H3/t14-,18-/m1/s1. The zero-order chi connectivity index (χ0) is 13.7. The van der Waals surface area contributed by atoms with Gasteiger partial charge in [-0.05, 0) is 43.2 Å². The summed E-state index contributed by atoms with van der Waals surface area (Å²) in [6.07, 6.45) is 9.91. The second-order valence-corrected chi connectivity index (χ2v) is 6.45. The van der Waals surface area contributed by atoms with Gasteiger partial charge in [-0.3, -0.25) is 9.69 Å². The van der Waals surface area contributed by atoms with Gasteiger partial charge in [0.2, 0.25) is 5.91 Å². The molecular weight excluding hydrogens is 246 g/mol. The van der Waals surface area contributed by atoms with Crippen LogP contribution in [0.3, 0.4) is 0 Å². The first kappa shape index (κ1) is 12.2. The highest BCUT2D eigenvalue weighted by Gasteiger charge is 2.54. The van der Waals surface area contributed by atoms with Crippen LogP contribution >= 0.6 is 0 Å². The van der Waals surface area contributed by atoms with Crippen LogP contribution in [0.4, 0.5) is 5.69 Å². The molecule has 1 spiro atoms. The Kier molecular flexibility index (Phi) is 2.57. The van der Waals surface area contributed by atoms with Crippen LogP contribution in [0.1, 0.15) is 51.0 Å². The Labute approximate surface area is 120 Å². The van der Waals surface area contributed by atoms with Crippen molar-refractivity contribution in [1.82, 2.24) is 0 Å². The molecule has 0 N–H and O–H groups in total. The number of allylic oxidation sites excluding steroid dienone is 2. The lowest BCUT2D eigenvalue weighted by Crippen LogP contribution is -2.43. The van der Waals surface area contributed by atoms with Gasteiger partial charge < -0.3 is 0 Å². The van der Waals surface area contributed by atoms with Gasteiger partial charge in [0.1, 0.15) is 0 Å². The van der Waals surface area contributed by atoms with Crippen LogP contribution in [0.15, 0.2) is 36.0 Å². The Morgan fingerprint density at radius 2 is 2.10 bits per heavy atom. The van der Waals surface area contributed by atoms with Crippen LogP contribution in [-0.2, 0) is 10.2 Å². The minimum absolute atomic E-state index is 0.138. The van der Waals surface area contributed by atoms with Gasteiger partial charge in [0.05, 0.1) is 5.69 Å². The highest BCUT2D eigenvalue weighted by Crippen LogP contribution is 2.60. The van der Waals surface area contributed by atoms with Gasteiger partial charge in [-0.15, -0.1) is 0 Å². The lowest BCUT2D eigenvalue weighted by atomic mass is 9.58. The maximum Gasteiger partial charge on any atom is 0.228 e. The molecule has 1 aromatic carbocycles. The van der Waals surface area contributed by atoms with Gasteiger partial charge >= 0.3 is 0 Å². The zero-order valence-corrected chi connectivity index (χ0v) is 12.1. The van der Waals surface area contributed by atoms with Crippen LogP contribution in [0.5, 0.6) is 0 Å². The number of hydrogen-bond acceptors (Lipinski definition) is 1. The molecule has 0 bridgehead atoms. The Morgan fingerprint density at radius 3 is 2.95 bits per heavy atom. The fourth-order valence-corrected chi connectivity index (χ4v) is 4.87. The van der Waals surface area contributed by atoms with Crippen LogP contribution in [0.25, 0.3) is 0 Å². The largest absolute Gasteiger partial charge is 0.284 e. The van der Waals surface area contributed by atoms with E-state index in [9.17, 15) is 4.79 Å². The molecule has 1 aliphatic heterocycles. The summed E-state index contributed by atoms with van der Waals surface area (Å²) in [5.74, 6) is 0.883. The molecule has 104 valence electrons. The predicted molar refractivity (Wildman–Crippen MR) is 80.6 cm³/mol. The fourth-order valence-electron chi connectivity index (χ4n) is 4.87. The van der Waals surface area contributed by atoms with Crippen LogP contribution in [0, 0.1) is 5.92 Å². The highest BCUT2D eigenvalue weighted by molar-refractivity contribution is 5.99. The van der Waals surface area contributed by atoms with E-state index in [1.54, 1.807) is 6.92 Å². The predicted octanol–water partition coefficient (Wildman–Crippen LogP) is 4.16. The molecule has 0 radical (unpaired) electrons. The molecule has 0 unspecified atom stereocenters. The lowest BCUT2D eigenvalue weighted by molar-refractivity contribution is -0.116. The van der Waals surface area contributed by atoms with E-state index in [0.29, 0.717) is 0 Å². The minimum atomic E-state index is 0.138. The van der Waals surface area contributed by atoms with Crippen molar-refractivity contribution in [2.24, 2.45) is 5.92 Å².